The molecule has 1 fully saturated rings. The number of ether oxygens (including phenoxy) is 2. The fourth-order valence-electron chi connectivity index (χ4n) is 2.70. The summed E-state index contributed by atoms with van der Waals surface area (Å²) in [6.07, 6.45) is 6.72. The van der Waals surface area contributed by atoms with E-state index in [0.29, 0.717) is 18.5 Å². The second-order valence-corrected chi connectivity index (χ2v) is 5.60. The van der Waals surface area contributed by atoms with Crippen molar-refractivity contribution < 1.29 is 9.47 Å². The SMILES string of the molecule is COc1ccc(CN=Nc2ccccn2)cc1OC1CCCC1. The normalized spacial score (nSPS) is 15.2. The predicted molar refractivity (Wildman–Crippen MR) is 88.3 cm³/mol. The maximum absolute atomic E-state index is 6.09. The number of benzene rings is 1. The molecule has 23 heavy (non-hydrogen) atoms. The molecule has 0 radical (unpaired) electrons. The Bertz CT molecular complexity index is 653. The highest BCUT2D eigenvalue weighted by Crippen LogP contribution is 2.32. The van der Waals surface area contributed by atoms with Crippen LogP contribution < -0.4 is 9.47 Å². The summed E-state index contributed by atoms with van der Waals surface area (Å²) in [5, 5.41) is 8.33. The van der Waals surface area contributed by atoms with Gasteiger partial charge in [-0.2, -0.15) is 5.11 Å². The summed E-state index contributed by atoms with van der Waals surface area (Å²) in [5.74, 6) is 2.18. The molecule has 0 amide bonds. The van der Waals surface area contributed by atoms with Crippen LogP contribution in [0.5, 0.6) is 11.5 Å². The van der Waals surface area contributed by atoms with Gasteiger partial charge in [-0.05, 0) is 55.5 Å². The highest BCUT2D eigenvalue weighted by molar-refractivity contribution is 5.43. The van der Waals surface area contributed by atoms with E-state index in [0.717, 1.165) is 29.9 Å². The summed E-state index contributed by atoms with van der Waals surface area (Å²) >= 11 is 0. The molecule has 0 unspecified atom stereocenters. The number of nitrogens with zero attached hydrogens (tertiary/aromatic N) is 3. The van der Waals surface area contributed by atoms with Gasteiger partial charge in [0.05, 0.1) is 19.8 Å². The number of methoxy groups -OCH3 is 1. The first-order valence-electron chi connectivity index (χ1n) is 7.97. The molecule has 1 heterocycles. The lowest BCUT2D eigenvalue weighted by molar-refractivity contribution is 0.200. The van der Waals surface area contributed by atoms with Crippen LogP contribution >= 0.6 is 0 Å². The monoisotopic (exact) mass is 311 g/mol. The Labute approximate surface area is 136 Å². The molecular formula is C18H21N3O2. The van der Waals surface area contributed by atoms with Crippen LogP contribution in [0.25, 0.3) is 0 Å². The van der Waals surface area contributed by atoms with Crippen LogP contribution in [0.1, 0.15) is 31.2 Å². The van der Waals surface area contributed by atoms with Crippen molar-refractivity contribution in [2.75, 3.05) is 7.11 Å². The Hall–Kier alpha value is -2.43. The van der Waals surface area contributed by atoms with Crippen LogP contribution in [-0.4, -0.2) is 18.2 Å². The Morgan fingerprint density at radius 2 is 2.00 bits per heavy atom. The molecule has 120 valence electrons. The van der Waals surface area contributed by atoms with Crippen molar-refractivity contribution >= 4 is 5.82 Å². The smallest absolute Gasteiger partial charge is 0.173 e. The van der Waals surface area contributed by atoms with E-state index < -0.39 is 0 Å². The first-order valence-corrected chi connectivity index (χ1v) is 7.97. The summed E-state index contributed by atoms with van der Waals surface area (Å²) in [4.78, 5) is 4.12. The van der Waals surface area contributed by atoms with Gasteiger partial charge in [0.1, 0.15) is 0 Å². The highest BCUT2D eigenvalue weighted by Gasteiger charge is 2.18. The second kappa shape index (κ2) is 7.72. The Kier molecular flexibility index (Phi) is 5.19. The van der Waals surface area contributed by atoms with Crippen molar-refractivity contribution in [3.63, 3.8) is 0 Å². The molecule has 5 nitrogen and oxygen atoms in total. The van der Waals surface area contributed by atoms with E-state index in [9.17, 15) is 0 Å². The maximum Gasteiger partial charge on any atom is 0.173 e. The molecule has 0 aliphatic heterocycles. The molecule has 1 aliphatic carbocycles. The third-order valence-corrected chi connectivity index (χ3v) is 3.90. The van der Waals surface area contributed by atoms with Crippen LogP contribution in [-0.2, 0) is 6.54 Å². The molecule has 3 rings (SSSR count). The van der Waals surface area contributed by atoms with E-state index in [1.165, 1.54) is 12.8 Å². The molecule has 1 aromatic carbocycles. The van der Waals surface area contributed by atoms with Crippen LogP contribution in [0.4, 0.5) is 5.82 Å². The number of rotatable bonds is 6. The molecule has 0 bridgehead atoms. The van der Waals surface area contributed by atoms with Crippen molar-refractivity contribution in [1.29, 1.82) is 0 Å². The molecule has 5 heteroatoms. The van der Waals surface area contributed by atoms with Gasteiger partial charge in [-0.15, -0.1) is 5.11 Å². The average Bonchev–Trinajstić information content (AvgIpc) is 3.09. The van der Waals surface area contributed by atoms with Gasteiger partial charge in [0, 0.05) is 6.20 Å². The number of azo groups is 1. The summed E-state index contributed by atoms with van der Waals surface area (Å²) in [6, 6.07) is 11.5. The van der Waals surface area contributed by atoms with E-state index in [2.05, 4.69) is 15.2 Å². The quantitative estimate of drug-likeness (QED) is 0.727. The van der Waals surface area contributed by atoms with Gasteiger partial charge in [-0.1, -0.05) is 12.1 Å². The standard InChI is InChI=1S/C18H21N3O2/c1-22-16-10-9-14(12-17(16)23-15-6-2-3-7-15)13-20-21-18-8-4-5-11-19-18/h4-5,8-12,15H,2-3,6-7,13H2,1H3. The third kappa shape index (κ3) is 4.28. The minimum absolute atomic E-state index is 0.300. The van der Waals surface area contributed by atoms with Crippen molar-refractivity contribution in [3.8, 4) is 11.5 Å². The van der Waals surface area contributed by atoms with E-state index >= 15 is 0 Å². The van der Waals surface area contributed by atoms with Gasteiger partial charge >= 0.3 is 0 Å². The van der Waals surface area contributed by atoms with Gasteiger partial charge in [0.25, 0.3) is 0 Å². The van der Waals surface area contributed by atoms with Crippen LogP contribution in [0.3, 0.4) is 0 Å². The average molecular weight is 311 g/mol. The molecule has 0 spiro atoms. The molecule has 1 aliphatic rings. The zero-order valence-corrected chi connectivity index (χ0v) is 13.3. The maximum atomic E-state index is 6.09. The lowest BCUT2D eigenvalue weighted by Crippen LogP contribution is -2.11. The molecule has 1 saturated carbocycles. The summed E-state index contributed by atoms with van der Waals surface area (Å²) < 4.78 is 11.5. The second-order valence-electron chi connectivity index (χ2n) is 5.60. The zero-order valence-electron chi connectivity index (χ0n) is 13.3. The number of hydrogen-bond acceptors (Lipinski definition) is 5. The highest BCUT2D eigenvalue weighted by atomic mass is 16.5. The first-order chi connectivity index (χ1) is 11.3. The van der Waals surface area contributed by atoms with Gasteiger partial charge < -0.3 is 9.47 Å². The Morgan fingerprint density at radius 3 is 2.74 bits per heavy atom. The molecular weight excluding hydrogens is 290 g/mol. The largest absolute Gasteiger partial charge is 0.493 e. The van der Waals surface area contributed by atoms with Crippen LogP contribution in [0.15, 0.2) is 52.8 Å². The molecule has 0 saturated heterocycles. The van der Waals surface area contributed by atoms with E-state index in [4.69, 9.17) is 9.47 Å². The Balaban J connectivity index is 1.68. The first kappa shape index (κ1) is 15.5. The summed E-state index contributed by atoms with van der Waals surface area (Å²) in [6.45, 7) is 0.488. The van der Waals surface area contributed by atoms with E-state index in [1.807, 2.05) is 36.4 Å². The third-order valence-electron chi connectivity index (χ3n) is 3.90. The van der Waals surface area contributed by atoms with Crippen molar-refractivity contribution in [2.24, 2.45) is 10.2 Å². The van der Waals surface area contributed by atoms with Crippen LogP contribution in [0.2, 0.25) is 0 Å². The number of aromatic nitrogens is 1. The van der Waals surface area contributed by atoms with Gasteiger partial charge in [-0.25, -0.2) is 4.98 Å². The lowest BCUT2D eigenvalue weighted by atomic mass is 10.2. The molecule has 2 aromatic rings. The van der Waals surface area contributed by atoms with Gasteiger partial charge in [0.15, 0.2) is 17.3 Å². The van der Waals surface area contributed by atoms with Gasteiger partial charge in [0.2, 0.25) is 0 Å². The summed E-state index contributed by atoms with van der Waals surface area (Å²) in [7, 11) is 1.66. The minimum Gasteiger partial charge on any atom is -0.493 e. The fraction of sp³-hybridized carbons (Fsp3) is 0.389. The van der Waals surface area contributed by atoms with Crippen molar-refractivity contribution in [3.05, 3.63) is 48.2 Å². The van der Waals surface area contributed by atoms with Crippen LogP contribution in [0, 0.1) is 0 Å². The number of pyridine rings is 1. The Morgan fingerprint density at radius 1 is 1.13 bits per heavy atom. The summed E-state index contributed by atoms with van der Waals surface area (Å²) in [5.41, 5.74) is 1.04. The molecule has 0 N–H and O–H groups in total. The minimum atomic E-state index is 0.300. The predicted octanol–water partition coefficient (Wildman–Crippen LogP) is 4.70. The van der Waals surface area contributed by atoms with E-state index in [1.54, 1.807) is 13.3 Å². The molecule has 1 aromatic heterocycles. The molecule has 0 atom stereocenters. The van der Waals surface area contributed by atoms with Gasteiger partial charge in [-0.3, -0.25) is 0 Å². The topological polar surface area (TPSA) is 56.1 Å². The van der Waals surface area contributed by atoms with E-state index in [-0.39, 0.29) is 0 Å². The lowest BCUT2D eigenvalue weighted by Gasteiger charge is -2.16. The fourth-order valence-corrected chi connectivity index (χ4v) is 2.70. The van der Waals surface area contributed by atoms with Crippen molar-refractivity contribution in [1.82, 2.24) is 4.98 Å². The van der Waals surface area contributed by atoms with Crippen molar-refractivity contribution in [2.45, 2.75) is 38.3 Å². The zero-order chi connectivity index (χ0) is 15.9. The number of hydrogen-bond donors (Lipinski definition) is 0.